The Labute approximate surface area is 95.4 Å². The lowest BCUT2D eigenvalue weighted by Gasteiger charge is -2.41. The zero-order valence-electron chi connectivity index (χ0n) is 9.41. The minimum absolute atomic E-state index is 0.0755. The fourth-order valence-electron chi connectivity index (χ4n) is 1.32. The summed E-state index contributed by atoms with van der Waals surface area (Å²) in [4.78, 5) is -2.06. The van der Waals surface area contributed by atoms with Crippen molar-refractivity contribution in [3.05, 3.63) is 29.6 Å². The molecule has 17 heavy (non-hydrogen) atoms. The number of benzene rings is 1. The van der Waals surface area contributed by atoms with Crippen LogP contribution in [0.5, 0.6) is 0 Å². The van der Waals surface area contributed by atoms with E-state index in [4.69, 9.17) is 0 Å². The summed E-state index contributed by atoms with van der Waals surface area (Å²) in [5.74, 6) is -0.928. The zero-order valence-corrected chi connectivity index (χ0v) is 10.2. The summed E-state index contributed by atoms with van der Waals surface area (Å²) in [6.45, 7) is 4.34. The molecule has 0 heterocycles. The fraction of sp³-hybridized carbons (Fsp3) is 0.400. The molecule has 0 radical (unpaired) electrons. The van der Waals surface area contributed by atoms with Crippen molar-refractivity contribution in [2.24, 2.45) is 0 Å². The van der Waals surface area contributed by atoms with Crippen molar-refractivity contribution < 1.29 is 23.8 Å². The average molecular weight is 278 g/mol. The molecule has 0 nitrogen and oxygen atoms in total. The standard InChI is InChI=1S/C10H12F6S/c1-10(2,3)8-6-7(4-5-9(8)11)17(12,13,14,15)16/h4-6H,1-3H3. The molecule has 0 saturated carbocycles. The second kappa shape index (κ2) is 2.93. The van der Waals surface area contributed by atoms with E-state index in [0.29, 0.717) is 6.07 Å². The van der Waals surface area contributed by atoms with E-state index in [1.807, 2.05) is 0 Å². The number of rotatable bonds is 1. The van der Waals surface area contributed by atoms with Crippen LogP contribution in [0.2, 0.25) is 0 Å². The van der Waals surface area contributed by atoms with E-state index in [0.717, 1.165) is 0 Å². The van der Waals surface area contributed by atoms with Crippen molar-refractivity contribution >= 4 is 10.2 Å². The summed E-state index contributed by atoms with van der Waals surface area (Å²) in [6, 6.07) is 0.691. The van der Waals surface area contributed by atoms with E-state index in [-0.39, 0.29) is 17.7 Å². The molecule has 0 fully saturated rings. The molecule has 0 aromatic heterocycles. The third-order valence-corrected chi connectivity index (χ3v) is 3.34. The van der Waals surface area contributed by atoms with Gasteiger partial charge in [0.2, 0.25) is 0 Å². The van der Waals surface area contributed by atoms with Crippen LogP contribution >= 0.6 is 10.2 Å². The molecule has 7 heteroatoms. The smallest absolute Gasteiger partial charge is 0.207 e. The van der Waals surface area contributed by atoms with Gasteiger partial charge in [0, 0.05) is 0 Å². The zero-order chi connectivity index (χ0) is 13.8. The highest BCUT2D eigenvalue weighted by Crippen LogP contribution is 3.02. The Hall–Kier alpha value is -0.850. The molecule has 0 amide bonds. The van der Waals surface area contributed by atoms with Crippen molar-refractivity contribution in [2.45, 2.75) is 31.1 Å². The molecule has 100 valence electrons. The minimum Gasteiger partial charge on any atom is -0.207 e. The van der Waals surface area contributed by atoms with Crippen molar-refractivity contribution in [3.8, 4) is 0 Å². The van der Waals surface area contributed by atoms with Gasteiger partial charge in [-0.2, -0.15) is 0 Å². The Kier molecular flexibility index (Phi) is 2.45. The normalized spacial score (nSPS) is 17.5. The van der Waals surface area contributed by atoms with Gasteiger partial charge < -0.3 is 0 Å². The predicted octanol–water partition coefficient (Wildman–Crippen LogP) is 5.78. The van der Waals surface area contributed by atoms with E-state index < -0.39 is 26.4 Å². The molecular formula is C10H12F6S. The second-order valence-corrected chi connectivity index (χ2v) is 7.27. The Morgan fingerprint density at radius 2 is 1.41 bits per heavy atom. The molecule has 0 aliphatic carbocycles. The second-order valence-electron chi connectivity index (χ2n) is 4.86. The third kappa shape index (κ3) is 3.31. The minimum atomic E-state index is -9.74. The van der Waals surface area contributed by atoms with E-state index in [2.05, 4.69) is 0 Å². The first-order valence-corrected chi connectivity index (χ1v) is 6.60. The number of hydrogen-bond acceptors (Lipinski definition) is 0. The Morgan fingerprint density at radius 3 is 1.76 bits per heavy atom. The molecular weight excluding hydrogens is 266 g/mol. The van der Waals surface area contributed by atoms with Crippen molar-refractivity contribution in [1.29, 1.82) is 0 Å². The highest BCUT2D eigenvalue weighted by atomic mass is 32.5. The van der Waals surface area contributed by atoms with E-state index in [9.17, 15) is 23.8 Å². The lowest BCUT2D eigenvalue weighted by molar-refractivity contribution is 0.363. The molecule has 0 aliphatic rings. The third-order valence-electron chi connectivity index (χ3n) is 2.19. The summed E-state index contributed by atoms with van der Waals surface area (Å²) in [7, 11) is -9.74. The molecule has 1 aromatic carbocycles. The van der Waals surface area contributed by atoms with Gasteiger partial charge in [-0.3, -0.25) is 0 Å². The maximum Gasteiger partial charge on any atom is 0.310 e. The summed E-state index contributed by atoms with van der Waals surface area (Å²) in [5, 5.41) is 0. The van der Waals surface area contributed by atoms with Gasteiger partial charge in [0.25, 0.3) is 0 Å². The monoisotopic (exact) mass is 278 g/mol. The van der Waals surface area contributed by atoms with Gasteiger partial charge in [-0.15, -0.1) is 0 Å². The van der Waals surface area contributed by atoms with Crippen molar-refractivity contribution in [1.82, 2.24) is 0 Å². The SMILES string of the molecule is CC(C)(C)c1cc(S(F)(F)(F)(F)F)ccc1F. The fourth-order valence-corrected chi connectivity index (χ4v) is 1.98. The van der Waals surface area contributed by atoms with Gasteiger partial charge in [0.15, 0.2) is 0 Å². The lowest BCUT2D eigenvalue weighted by atomic mass is 9.87. The van der Waals surface area contributed by atoms with Crippen LogP contribution in [0.1, 0.15) is 26.3 Å². The van der Waals surface area contributed by atoms with Gasteiger partial charge in [-0.05, 0) is 29.2 Å². The summed E-state index contributed by atoms with van der Waals surface area (Å²) in [5.41, 5.74) is -1.37. The topological polar surface area (TPSA) is 0 Å². The van der Waals surface area contributed by atoms with Crippen LogP contribution in [0.25, 0.3) is 0 Å². The van der Waals surface area contributed by atoms with Gasteiger partial charge in [0.05, 0.1) is 0 Å². The first kappa shape index (κ1) is 14.2. The van der Waals surface area contributed by atoms with Crippen LogP contribution in [0.15, 0.2) is 23.1 Å². The predicted molar refractivity (Wildman–Crippen MR) is 56.5 cm³/mol. The molecule has 0 aliphatic heterocycles. The van der Waals surface area contributed by atoms with E-state index in [1.165, 1.54) is 20.8 Å². The number of halogens is 6. The maximum atomic E-state index is 13.3. The quantitative estimate of drug-likeness (QED) is 0.571. The lowest BCUT2D eigenvalue weighted by Crippen LogP contribution is -2.16. The first-order valence-electron chi connectivity index (χ1n) is 4.65. The molecule has 1 aromatic rings. The molecule has 0 saturated heterocycles. The Morgan fingerprint density at radius 1 is 0.941 bits per heavy atom. The highest BCUT2D eigenvalue weighted by Gasteiger charge is 2.65. The van der Waals surface area contributed by atoms with E-state index in [1.54, 1.807) is 0 Å². The summed E-state index contributed by atoms with van der Waals surface area (Å²) in [6.07, 6.45) is 0. The van der Waals surface area contributed by atoms with Crippen LogP contribution in [0, 0.1) is 5.82 Å². The number of hydrogen-bond donors (Lipinski definition) is 0. The Balaban J connectivity index is 3.55. The van der Waals surface area contributed by atoms with Gasteiger partial charge >= 0.3 is 10.2 Å². The van der Waals surface area contributed by atoms with Crippen LogP contribution in [-0.2, 0) is 5.41 Å². The summed E-state index contributed by atoms with van der Waals surface area (Å²) < 4.78 is 75.9. The van der Waals surface area contributed by atoms with Crippen LogP contribution in [0.4, 0.5) is 23.8 Å². The van der Waals surface area contributed by atoms with Gasteiger partial charge in [-0.25, -0.2) is 4.39 Å². The largest absolute Gasteiger partial charge is 0.310 e. The molecule has 0 spiro atoms. The molecule has 0 N–H and O–H groups in total. The van der Waals surface area contributed by atoms with E-state index >= 15 is 0 Å². The van der Waals surface area contributed by atoms with Gasteiger partial charge in [0.1, 0.15) is 10.7 Å². The molecule has 0 atom stereocenters. The van der Waals surface area contributed by atoms with Crippen molar-refractivity contribution in [3.63, 3.8) is 0 Å². The first-order chi connectivity index (χ1) is 7.11. The van der Waals surface area contributed by atoms with Crippen molar-refractivity contribution in [2.75, 3.05) is 0 Å². The van der Waals surface area contributed by atoms with Crippen LogP contribution in [0.3, 0.4) is 0 Å². The molecule has 0 bridgehead atoms. The maximum absolute atomic E-state index is 13.3. The Bertz CT molecular complexity index is 453. The highest BCUT2D eigenvalue weighted by molar-refractivity contribution is 8.45. The molecule has 0 unspecified atom stereocenters. The van der Waals surface area contributed by atoms with Crippen LogP contribution < -0.4 is 0 Å². The average Bonchev–Trinajstić information content (AvgIpc) is 1.97. The van der Waals surface area contributed by atoms with Gasteiger partial charge in [-0.1, -0.05) is 40.2 Å². The molecule has 1 rings (SSSR count). The van der Waals surface area contributed by atoms with Crippen LogP contribution in [-0.4, -0.2) is 0 Å². The summed E-state index contributed by atoms with van der Waals surface area (Å²) >= 11 is 0.